The number of anilines is 1. The molecule has 1 aromatic heterocycles. The van der Waals surface area contributed by atoms with Crippen molar-refractivity contribution < 1.29 is 9.53 Å². The monoisotopic (exact) mass is 368 g/mol. The highest BCUT2D eigenvalue weighted by molar-refractivity contribution is 6.31. The second-order valence-electron chi connectivity index (χ2n) is 5.29. The quantitative estimate of drug-likeness (QED) is 0.604. The van der Waals surface area contributed by atoms with E-state index in [-0.39, 0.29) is 5.91 Å². The fourth-order valence-electron chi connectivity index (χ4n) is 2.26. The Morgan fingerprint density at radius 2 is 1.85 bits per heavy atom. The molecule has 0 aliphatic heterocycles. The van der Waals surface area contributed by atoms with Gasteiger partial charge in [-0.05, 0) is 55.0 Å². The normalized spacial score (nSPS) is 9.69. The van der Waals surface area contributed by atoms with Crippen LogP contribution in [0.25, 0.3) is 0 Å². The highest BCUT2D eigenvalue weighted by Gasteiger charge is 2.08. The Morgan fingerprint density at radius 3 is 2.54 bits per heavy atom. The second-order valence-corrected chi connectivity index (χ2v) is 5.73. The Balaban J connectivity index is 0.00000117. The van der Waals surface area contributed by atoms with Crippen LogP contribution in [-0.2, 0) is 0 Å². The minimum absolute atomic E-state index is 0.226. The Morgan fingerprint density at radius 1 is 1.04 bits per heavy atom. The number of nitrogens with one attached hydrogen (secondary N) is 1. The number of nitrogens with zero attached hydrogens (tertiary/aromatic N) is 1. The van der Waals surface area contributed by atoms with Gasteiger partial charge in [-0.25, -0.2) is 0 Å². The van der Waals surface area contributed by atoms with Gasteiger partial charge < -0.3 is 10.1 Å². The lowest BCUT2D eigenvalue weighted by atomic mass is 10.1. The van der Waals surface area contributed by atoms with Gasteiger partial charge in [0.25, 0.3) is 5.91 Å². The smallest absolute Gasteiger partial charge is 0.255 e. The van der Waals surface area contributed by atoms with Crippen molar-refractivity contribution in [3.8, 4) is 11.5 Å². The summed E-state index contributed by atoms with van der Waals surface area (Å²) >= 11 is 5.93. The minimum atomic E-state index is -0.226. The summed E-state index contributed by atoms with van der Waals surface area (Å²) in [5, 5.41) is 3.38. The molecule has 4 nitrogen and oxygen atoms in total. The number of aryl methyl sites for hydroxylation is 1. The second kappa shape index (κ2) is 9.59. The van der Waals surface area contributed by atoms with Gasteiger partial charge in [-0.2, -0.15) is 0 Å². The van der Waals surface area contributed by atoms with Crippen LogP contribution in [0.15, 0.2) is 67.0 Å². The summed E-state index contributed by atoms with van der Waals surface area (Å²) in [6.45, 7) is 5.94. The molecule has 0 spiro atoms. The van der Waals surface area contributed by atoms with Gasteiger partial charge in [-0.1, -0.05) is 31.5 Å². The standard InChI is InChI=1S/C19H15ClN2O2.C2H6/c1-13-8-16(22-19(23)14-4-2-5-15(20)10-14)11-18(9-13)24-17-6-3-7-21-12-17;1-2/h2-12H,1H3,(H,22,23);1-2H3. The third-order valence-electron chi connectivity index (χ3n) is 3.27. The number of ether oxygens (including phenoxy) is 1. The van der Waals surface area contributed by atoms with E-state index >= 15 is 0 Å². The predicted molar refractivity (Wildman–Crippen MR) is 106 cm³/mol. The summed E-state index contributed by atoms with van der Waals surface area (Å²) < 4.78 is 5.77. The van der Waals surface area contributed by atoms with Crippen molar-refractivity contribution in [1.29, 1.82) is 0 Å². The summed E-state index contributed by atoms with van der Waals surface area (Å²) in [6, 6.07) is 16.0. The number of hydrogen-bond acceptors (Lipinski definition) is 3. The number of carbonyl (C=O) groups is 1. The molecule has 1 heterocycles. The first-order valence-corrected chi connectivity index (χ1v) is 8.74. The summed E-state index contributed by atoms with van der Waals surface area (Å²) in [4.78, 5) is 16.3. The van der Waals surface area contributed by atoms with E-state index in [1.54, 1.807) is 48.8 Å². The summed E-state index contributed by atoms with van der Waals surface area (Å²) in [6.07, 6.45) is 3.31. The molecule has 0 unspecified atom stereocenters. The van der Waals surface area contributed by atoms with Gasteiger partial charge in [0, 0.05) is 28.5 Å². The predicted octanol–water partition coefficient (Wildman–Crippen LogP) is 6.11. The maximum atomic E-state index is 12.3. The van der Waals surface area contributed by atoms with E-state index in [9.17, 15) is 4.79 Å². The van der Waals surface area contributed by atoms with Crippen LogP contribution in [0, 0.1) is 6.92 Å². The Labute approximate surface area is 158 Å². The van der Waals surface area contributed by atoms with Crippen molar-refractivity contribution >= 4 is 23.2 Å². The van der Waals surface area contributed by atoms with E-state index in [1.807, 2.05) is 39.0 Å². The molecular weight excluding hydrogens is 348 g/mol. The van der Waals surface area contributed by atoms with Crippen molar-refractivity contribution in [2.24, 2.45) is 0 Å². The van der Waals surface area contributed by atoms with Gasteiger partial charge in [-0.3, -0.25) is 9.78 Å². The van der Waals surface area contributed by atoms with E-state index in [1.165, 1.54) is 0 Å². The highest BCUT2D eigenvalue weighted by atomic mass is 35.5. The third-order valence-corrected chi connectivity index (χ3v) is 3.50. The largest absolute Gasteiger partial charge is 0.456 e. The van der Waals surface area contributed by atoms with Crippen molar-refractivity contribution in [2.45, 2.75) is 20.8 Å². The number of aromatic nitrogens is 1. The maximum absolute atomic E-state index is 12.3. The van der Waals surface area contributed by atoms with Crippen molar-refractivity contribution in [3.63, 3.8) is 0 Å². The average molecular weight is 369 g/mol. The van der Waals surface area contributed by atoms with Crippen molar-refractivity contribution in [2.75, 3.05) is 5.32 Å². The highest BCUT2D eigenvalue weighted by Crippen LogP contribution is 2.26. The first-order valence-electron chi connectivity index (χ1n) is 8.37. The zero-order valence-corrected chi connectivity index (χ0v) is 15.7. The van der Waals surface area contributed by atoms with Crippen LogP contribution in [0.1, 0.15) is 29.8 Å². The first kappa shape index (κ1) is 19.5. The van der Waals surface area contributed by atoms with Gasteiger partial charge >= 0.3 is 0 Å². The molecule has 5 heteroatoms. The van der Waals surface area contributed by atoms with E-state index in [4.69, 9.17) is 16.3 Å². The number of amides is 1. The van der Waals surface area contributed by atoms with E-state index < -0.39 is 0 Å². The first-order chi connectivity index (χ1) is 12.6. The van der Waals surface area contributed by atoms with Crippen LogP contribution >= 0.6 is 11.6 Å². The molecule has 0 radical (unpaired) electrons. The summed E-state index contributed by atoms with van der Waals surface area (Å²) in [5.41, 5.74) is 2.12. The van der Waals surface area contributed by atoms with Gasteiger partial charge in [-0.15, -0.1) is 0 Å². The van der Waals surface area contributed by atoms with Gasteiger partial charge in [0.05, 0.1) is 6.20 Å². The molecule has 3 aromatic rings. The van der Waals surface area contributed by atoms with Gasteiger partial charge in [0.1, 0.15) is 11.5 Å². The van der Waals surface area contributed by atoms with Crippen LogP contribution in [0.3, 0.4) is 0 Å². The number of halogens is 1. The molecule has 3 rings (SSSR count). The summed E-state index contributed by atoms with van der Waals surface area (Å²) in [5.74, 6) is 1.04. The molecule has 1 amide bonds. The Hall–Kier alpha value is -2.85. The fraction of sp³-hybridized carbons (Fsp3) is 0.143. The third kappa shape index (κ3) is 5.60. The lowest BCUT2D eigenvalue weighted by Gasteiger charge is -2.10. The van der Waals surface area contributed by atoms with E-state index in [0.717, 1.165) is 5.56 Å². The molecule has 0 saturated heterocycles. The molecule has 0 fully saturated rings. The van der Waals surface area contributed by atoms with Gasteiger partial charge in [0.2, 0.25) is 0 Å². The number of carbonyl (C=O) groups excluding carboxylic acids is 1. The molecule has 1 N–H and O–H groups in total. The number of benzene rings is 2. The van der Waals surface area contributed by atoms with Gasteiger partial charge in [0.15, 0.2) is 0 Å². The Kier molecular flexibility index (Phi) is 7.18. The Bertz CT molecular complexity index is 867. The topological polar surface area (TPSA) is 51.2 Å². The number of pyridine rings is 1. The van der Waals surface area contributed by atoms with Crippen LogP contribution in [0.4, 0.5) is 5.69 Å². The summed E-state index contributed by atoms with van der Waals surface area (Å²) in [7, 11) is 0. The van der Waals surface area contributed by atoms with E-state index in [2.05, 4.69) is 10.3 Å². The molecule has 0 aliphatic carbocycles. The van der Waals surface area contributed by atoms with Crippen molar-refractivity contribution in [1.82, 2.24) is 4.98 Å². The van der Waals surface area contributed by atoms with Crippen LogP contribution < -0.4 is 10.1 Å². The molecule has 0 bridgehead atoms. The molecule has 2 aromatic carbocycles. The number of hydrogen-bond donors (Lipinski definition) is 1. The van der Waals surface area contributed by atoms with Crippen molar-refractivity contribution in [3.05, 3.63) is 83.1 Å². The maximum Gasteiger partial charge on any atom is 0.255 e. The lowest BCUT2D eigenvalue weighted by Crippen LogP contribution is -2.11. The zero-order valence-electron chi connectivity index (χ0n) is 15.0. The molecule has 134 valence electrons. The van der Waals surface area contributed by atoms with Crippen LogP contribution in [0.2, 0.25) is 5.02 Å². The van der Waals surface area contributed by atoms with Crippen LogP contribution in [-0.4, -0.2) is 10.9 Å². The molecule has 0 atom stereocenters. The number of rotatable bonds is 4. The molecular formula is C21H21ClN2O2. The SMILES string of the molecule is CC.Cc1cc(NC(=O)c2cccc(Cl)c2)cc(Oc2cccnc2)c1. The zero-order chi connectivity index (χ0) is 18.9. The minimum Gasteiger partial charge on any atom is -0.456 e. The molecule has 26 heavy (non-hydrogen) atoms. The van der Waals surface area contributed by atoms with Crippen LogP contribution in [0.5, 0.6) is 11.5 Å². The lowest BCUT2D eigenvalue weighted by molar-refractivity contribution is 0.102. The average Bonchev–Trinajstić information content (AvgIpc) is 2.64. The molecule has 0 saturated carbocycles. The fourth-order valence-corrected chi connectivity index (χ4v) is 2.45. The van der Waals surface area contributed by atoms with E-state index in [0.29, 0.717) is 27.8 Å². The molecule has 0 aliphatic rings.